The summed E-state index contributed by atoms with van der Waals surface area (Å²) in [6, 6.07) is 11.4. The molecule has 0 amide bonds. The van der Waals surface area contributed by atoms with Crippen molar-refractivity contribution in [3.63, 3.8) is 0 Å². The highest BCUT2D eigenvalue weighted by molar-refractivity contribution is 5.87. The van der Waals surface area contributed by atoms with Crippen LogP contribution in [0.25, 0.3) is 0 Å². The van der Waals surface area contributed by atoms with Crippen LogP contribution in [0.15, 0.2) is 30.3 Å². The Morgan fingerprint density at radius 2 is 1.58 bits per heavy atom. The van der Waals surface area contributed by atoms with E-state index in [1.165, 1.54) is 32.1 Å². The third-order valence-electron chi connectivity index (χ3n) is 5.93. The minimum atomic E-state index is 0.511. The van der Waals surface area contributed by atoms with Gasteiger partial charge in [-0.3, -0.25) is 0 Å². The first kappa shape index (κ1) is 11.7. The van der Waals surface area contributed by atoms with Gasteiger partial charge in [0.25, 0.3) is 0 Å². The van der Waals surface area contributed by atoms with E-state index in [0.29, 0.717) is 5.41 Å². The average molecular weight is 254 g/mol. The zero-order valence-corrected chi connectivity index (χ0v) is 12.1. The topological polar surface area (TPSA) is 3.01 Å². The molecule has 1 aromatic rings. The van der Waals surface area contributed by atoms with Crippen LogP contribution in [0.5, 0.6) is 0 Å². The molecule has 4 bridgehead atoms. The summed E-state index contributed by atoms with van der Waals surface area (Å²) in [5, 5.41) is 0. The monoisotopic (exact) mass is 254 g/mol. The molecule has 100 valence electrons. The van der Waals surface area contributed by atoms with E-state index in [0.717, 1.165) is 17.8 Å². The third kappa shape index (κ3) is 1.63. The standard InChI is InChI=1S/C18H24N/c1-19(2)17-14-8-13-9-15(17)12-18(10-13,11-14)16-6-4-3-5-7-16/h3-7,13-15H,8-12H2,1-2H3/q+1/t13?,14-,15+,18?. The molecule has 1 nitrogen and oxygen atoms in total. The Balaban J connectivity index is 1.78. The van der Waals surface area contributed by atoms with Gasteiger partial charge in [-0.25, -0.2) is 4.58 Å². The summed E-state index contributed by atoms with van der Waals surface area (Å²) in [5.41, 5.74) is 3.90. The molecule has 0 aromatic heterocycles. The first-order valence-corrected chi connectivity index (χ1v) is 7.77. The van der Waals surface area contributed by atoms with E-state index in [1.54, 1.807) is 11.3 Å². The molecule has 0 N–H and O–H groups in total. The lowest BCUT2D eigenvalue weighted by atomic mass is 9.47. The van der Waals surface area contributed by atoms with Gasteiger partial charge in [-0.1, -0.05) is 30.3 Å². The molecule has 0 heterocycles. The summed E-state index contributed by atoms with van der Waals surface area (Å²) in [4.78, 5) is 0. The van der Waals surface area contributed by atoms with E-state index < -0.39 is 0 Å². The van der Waals surface area contributed by atoms with E-state index in [4.69, 9.17) is 0 Å². The van der Waals surface area contributed by atoms with E-state index in [2.05, 4.69) is 49.0 Å². The first-order chi connectivity index (χ1) is 9.18. The fraction of sp³-hybridized carbons (Fsp3) is 0.611. The van der Waals surface area contributed by atoms with Crippen molar-refractivity contribution in [2.75, 3.05) is 14.1 Å². The molecule has 4 fully saturated rings. The van der Waals surface area contributed by atoms with Gasteiger partial charge in [0, 0.05) is 11.8 Å². The third-order valence-corrected chi connectivity index (χ3v) is 5.93. The maximum atomic E-state index is 2.44. The molecule has 0 saturated heterocycles. The van der Waals surface area contributed by atoms with Gasteiger partial charge in [0.1, 0.15) is 14.1 Å². The van der Waals surface area contributed by atoms with Crippen LogP contribution in [0.2, 0.25) is 0 Å². The highest BCUT2D eigenvalue weighted by Gasteiger charge is 2.56. The Bertz CT molecular complexity index is 506. The van der Waals surface area contributed by atoms with Crippen molar-refractivity contribution in [1.82, 2.24) is 0 Å². The molecule has 0 spiro atoms. The van der Waals surface area contributed by atoms with Crippen LogP contribution in [-0.2, 0) is 5.41 Å². The Morgan fingerprint density at radius 1 is 0.947 bits per heavy atom. The number of hydrogen-bond acceptors (Lipinski definition) is 0. The van der Waals surface area contributed by atoms with Crippen molar-refractivity contribution in [2.45, 2.75) is 37.5 Å². The molecule has 2 unspecified atom stereocenters. The summed E-state index contributed by atoms with van der Waals surface area (Å²) >= 11 is 0. The van der Waals surface area contributed by atoms with Gasteiger partial charge >= 0.3 is 0 Å². The second-order valence-electron chi connectivity index (χ2n) is 7.31. The van der Waals surface area contributed by atoms with E-state index in [9.17, 15) is 0 Å². The fourth-order valence-corrected chi connectivity index (χ4v) is 5.64. The smallest absolute Gasteiger partial charge is 0.158 e. The number of benzene rings is 1. The summed E-state index contributed by atoms with van der Waals surface area (Å²) in [6.45, 7) is 0. The SMILES string of the molecule is C[N+](C)=C1[C@@H]2CC3C[C@H]1CC(c1ccccc1)(C3)C2. The Morgan fingerprint density at radius 3 is 2.16 bits per heavy atom. The van der Waals surface area contributed by atoms with E-state index in [1.807, 2.05) is 0 Å². The second kappa shape index (κ2) is 3.94. The average Bonchev–Trinajstić information content (AvgIpc) is 2.38. The van der Waals surface area contributed by atoms with Crippen LogP contribution < -0.4 is 0 Å². The van der Waals surface area contributed by atoms with Crippen molar-refractivity contribution in [2.24, 2.45) is 17.8 Å². The van der Waals surface area contributed by atoms with Crippen molar-refractivity contribution >= 4 is 5.71 Å². The van der Waals surface area contributed by atoms with Crippen LogP contribution in [0, 0.1) is 17.8 Å². The van der Waals surface area contributed by atoms with Crippen molar-refractivity contribution in [3.8, 4) is 0 Å². The predicted molar refractivity (Wildman–Crippen MR) is 78.8 cm³/mol. The van der Waals surface area contributed by atoms with Gasteiger partial charge < -0.3 is 0 Å². The predicted octanol–water partition coefficient (Wildman–Crippen LogP) is 3.48. The second-order valence-corrected chi connectivity index (χ2v) is 7.31. The Hall–Kier alpha value is -1.11. The van der Waals surface area contributed by atoms with Gasteiger partial charge in [-0.2, -0.15) is 0 Å². The molecule has 0 aliphatic heterocycles. The summed E-state index contributed by atoms with van der Waals surface area (Å²) in [5.74, 6) is 2.71. The lowest BCUT2D eigenvalue weighted by molar-refractivity contribution is -0.472. The van der Waals surface area contributed by atoms with Crippen LogP contribution in [0.4, 0.5) is 0 Å². The molecule has 19 heavy (non-hydrogen) atoms. The number of hydrogen-bond donors (Lipinski definition) is 0. The lowest BCUT2D eigenvalue weighted by Crippen LogP contribution is -2.55. The van der Waals surface area contributed by atoms with E-state index in [-0.39, 0.29) is 0 Å². The number of nitrogens with zero attached hydrogens (tertiary/aromatic N) is 1. The molecule has 4 aliphatic rings. The van der Waals surface area contributed by atoms with Crippen LogP contribution in [0.3, 0.4) is 0 Å². The summed E-state index contributed by atoms with van der Waals surface area (Å²) < 4.78 is 2.44. The number of rotatable bonds is 1. The first-order valence-electron chi connectivity index (χ1n) is 7.77. The maximum absolute atomic E-state index is 2.44. The van der Waals surface area contributed by atoms with Crippen molar-refractivity contribution < 1.29 is 4.58 Å². The van der Waals surface area contributed by atoms with Crippen LogP contribution in [-0.4, -0.2) is 24.4 Å². The molecule has 0 radical (unpaired) electrons. The maximum Gasteiger partial charge on any atom is 0.158 e. The largest absolute Gasteiger partial charge is 0.242 e. The quantitative estimate of drug-likeness (QED) is 0.675. The normalized spacial score (nSPS) is 39.7. The van der Waals surface area contributed by atoms with E-state index >= 15 is 0 Å². The minimum Gasteiger partial charge on any atom is -0.242 e. The van der Waals surface area contributed by atoms with Crippen molar-refractivity contribution in [3.05, 3.63) is 35.9 Å². The molecule has 4 saturated carbocycles. The highest BCUT2D eigenvalue weighted by Crippen LogP contribution is 2.59. The molecular formula is C18H24N+. The molecule has 4 atom stereocenters. The molecular weight excluding hydrogens is 230 g/mol. The lowest BCUT2D eigenvalue weighted by Gasteiger charge is -2.56. The fourth-order valence-electron chi connectivity index (χ4n) is 5.64. The molecule has 5 rings (SSSR count). The highest BCUT2D eigenvalue weighted by atomic mass is 15.0. The minimum absolute atomic E-state index is 0.511. The zero-order chi connectivity index (χ0) is 13.0. The Kier molecular flexibility index (Phi) is 2.43. The molecule has 1 aromatic carbocycles. The summed E-state index contributed by atoms with van der Waals surface area (Å²) in [7, 11) is 4.51. The summed E-state index contributed by atoms with van der Waals surface area (Å²) in [6.07, 6.45) is 7.16. The van der Waals surface area contributed by atoms with Gasteiger partial charge in [0.15, 0.2) is 5.71 Å². The van der Waals surface area contributed by atoms with Gasteiger partial charge in [0.05, 0.1) is 0 Å². The Labute approximate surface area is 116 Å². The van der Waals surface area contributed by atoms with Gasteiger partial charge in [-0.05, 0) is 49.0 Å². The zero-order valence-electron chi connectivity index (χ0n) is 12.1. The van der Waals surface area contributed by atoms with Crippen LogP contribution in [0.1, 0.15) is 37.7 Å². The van der Waals surface area contributed by atoms with Gasteiger partial charge in [0.2, 0.25) is 0 Å². The van der Waals surface area contributed by atoms with Crippen molar-refractivity contribution in [1.29, 1.82) is 0 Å². The molecule has 4 aliphatic carbocycles. The van der Waals surface area contributed by atoms with Gasteiger partial charge in [-0.15, -0.1) is 0 Å². The van der Waals surface area contributed by atoms with Crippen LogP contribution >= 0.6 is 0 Å². The molecule has 1 heteroatoms.